The second kappa shape index (κ2) is 4.84. The molecule has 19 heavy (non-hydrogen) atoms. The molecule has 0 aromatic carbocycles. The predicted molar refractivity (Wildman–Crippen MR) is 63.6 cm³/mol. The van der Waals surface area contributed by atoms with Crippen molar-refractivity contribution < 1.29 is 8.94 Å². The van der Waals surface area contributed by atoms with E-state index in [1.807, 2.05) is 6.92 Å². The van der Waals surface area contributed by atoms with E-state index in [2.05, 4.69) is 30.5 Å². The van der Waals surface area contributed by atoms with Crippen molar-refractivity contribution in [1.29, 1.82) is 0 Å². The molecule has 3 aromatic rings. The second-order valence-corrected chi connectivity index (χ2v) is 5.15. The number of aryl methyl sites for hydroxylation is 2. The van der Waals surface area contributed by atoms with Crippen LogP contribution in [0.15, 0.2) is 8.94 Å². The molecule has 0 spiro atoms. The molecule has 98 valence electrons. The summed E-state index contributed by atoms with van der Waals surface area (Å²) in [6, 6.07) is 0. The molecule has 0 saturated heterocycles. The van der Waals surface area contributed by atoms with Gasteiger partial charge >= 0.3 is 0 Å². The molecule has 9 heteroatoms. The first kappa shape index (κ1) is 11.9. The first-order chi connectivity index (χ1) is 9.19. The van der Waals surface area contributed by atoms with Crippen LogP contribution >= 0.6 is 11.3 Å². The lowest BCUT2D eigenvalue weighted by atomic mass is 10.4. The van der Waals surface area contributed by atoms with Crippen molar-refractivity contribution in [3.8, 4) is 0 Å². The quantitative estimate of drug-likeness (QED) is 0.698. The van der Waals surface area contributed by atoms with Crippen molar-refractivity contribution in [2.75, 3.05) is 0 Å². The van der Waals surface area contributed by atoms with Crippen molar-refractivity contribution in [1.82, 2.24) is 30.5 Å². The van der Waals surface area contributed by atoms with E-state index in [1.54, 1.807) is 6.92 Å². The molecule has 3 heterocycles. The first-order valence-corrected chi connectivity index (χ1v) is 6.40. The van der Waals surface area contributed by atoms with Gasteiger partial charge in [0.2, 0.25) is 17.7 Å². The number of aromatic nitrogens is 6. The van der Waals surface area contributed by atoms with Crippen LogP contribution in [0.4, 0.5) is 0 Å². The fourth-order valence-corrected chi connectivity index (χ4v) is 2.22. The van der Waals surface area contributed by atoms with Gasteiger partial charge in [0.15, 0.2) is 5.82 Å². The van der Waals surface area contributed by atoms with E-state index >= 15 is 0 Å². The van der Waals surface area contributed by atoms with E-state index < -0.39 is 0 Å². The van der Waals surface area contributed by atoms with E-state index in [9.17, 15) is 0 Å². The molecule has 0 unspecified atom stereocenters. The largest absolute Gasteiger partial charge is 0.424 e. The van der Waals surface area contributed by atoms with Gasteiger partial charge in [-0.2, -0.15) is 4.98 Å². The highest BCUT2D eigenvalue weighted by molar-refractivity contribution is 7.11. The summed E-state index contributed by atoms with van der Waals surface area (Å²) in [6.07, 6.45) is 0.850. The zero-order chi connectivity index (χ0) is 13.2. The number of nitrogens with zero attached hydrogens (tertiary/aromatic N) is 6. The van der Waals surface area contributed by atoms with Gasteiger partial charge in [0.1, 0.15) is 10.0 Å². The van der Waals surface area contributed by atoms with Crippen LogP contribution in [0.5, 0.6) is 0 Å². The van der Waals surface area contributed by atoms with Crippen LogP contribution in [-0.2, 0) is 12.8 Å². The van der Waals surface area contributed by atoms with Crippen LogP contribution in [0.3, 0.4) is 0 Å². The van der Waals surface area contributed by atoms with Gasteiger partial charge in [-0.1, -0.05) is 5.16 Å². The molecular weight excluding hydrogens is 268 g/mol. The summed E-state index contributed by atoms with van der Waals surface area (Å²) in [7, 11) is 0. The molecule has 0 N–H and O–H groups in total. The minimum atomic E-state index is 0.361. The summed E-state index contributed by atoms with van der Waals surface area (Å²) in [5.41, 5.74) is 0. The molecule has 0 amide bonds. The summed E-state index contributed by atoms with van der Waals surface area (Å²) in [5, 5.41) is 21.4. The van der Waals surface area contributed by atoms with Crippen LogP contribution < -0.4 is 0 Å². The van der Waals surface area contributed by atoms with Crippen LogP contribution in [0.1, 0.15) is 33.5 Å². The second-order valence-electron chi connectivity index (χ2n) is 3.89. The highest BCUT2D eigenvalue weighted by atomic mass is 32.1. The summed E-state index contributed by atoms with van der Waals surface area (Å²) in [5.74, 6) is 2.00. The van der Waals surface area contributed by atoms with Gasteiger partial charge in [-0.25, -0.2) is 0 Å². The minimum Gasteiger partial charge on any atom is -0.424 e. The zero-order valence-corrected chi connectivity index (χ0v) is 11.1. The van der Waals surface area contributed by atoms with Crippen molar-refractivity contribution in [2.45, 2.75) is 26.7 Å². The van der Waals surface area contributed by atoms with Crippen LogP contribution in [0.25, 0.3) is 0 Å². The van der Waals surface area contributed by atoms with Gasteiger partial charge in [-0.3, -0.25) is 0 Å². The van der Waals surface area contributed by atoms with E-state index in [0.717, 1.165) is 10.0 Å². The normalized spacial score (nSPS) is 11.1. The van der Waals surface area contributed by atoms with Crippen molar-refractivity contribution in [3.05, 3.63) is 33.5 Å². The topological polar surface area (TPSA) is 104 Å². The van der Waals surface area contributed by atoms with Gasteiger partial charge in [-0.05, 0) is 6.92 Å². The number of hydrogen-bond donors (Lipinski definition) is 0. The molecule has 0 aliphatic carbocycles. The Morgan fingerprint density at radius 2 is 1.79 bits per heavy atom. The fraction of sp³-hybridized carbons (Fsp3) is 0.400. The van der Waals surface area contributed by atoms with Crippen LogP contribution in [0.2, 0.25) is 0 Å². The Morgan fingerprint density at radius 1 is 1.00 bits per heavy atom. The molecule has 0 aliphatic rings. The molecule has 8 nitrogen and oxygen atoms in total. The lowest BCUT2D eigenvalue weighted by molar-refractivity contribution is 0.385. The monoisotopic (exact) mass is 278 g/mol. The number of hydrogen-bond acceptors (Lipinski definition) is 9. The molecule has 0 atom stereocenters. The van der Waals surface area contributed by atoms with E-state index in [4.69, 9.17) is 8.94 Å². The average molecular weight is 278 g/mol. The number of rotatable bonds is 4. The highest BCUT2D eigenvalue weighted by Crippen LogP contribution is 2.14. The van der Waals surface area contributed by atoms with Crippen LogP contribution in [-0.4, -0.2) is 30.5 Å². The maximum atomic E-state index is 5.51. The van der Waals surface area contributed by atoms with Crippen molar-refractivity contribution in [3.63, 3.8) is 0 Å². The van der Waals surface area contributed by atoms with Gasteiger partial charge in [0, 0.05) is 6.92 Å². The van der Waals surface area contributed by atoms with Gasteiger partial charge < -0.3 is 8.94 Å². The van der Waals surface area contributed by atoms with Crippen molar-refractivity contribution in [2.24, 2.45) is 0 Å². The van der Waals surface area contributed by atoms with E-state index in [-0.39, 0.29) is 0 Å². The van der Waals surface area contributed by atoms with E-state index in [1.165, 1.54) is 11.3 Å². The molecule has 0 saturated carbocycles. The third-order valence-electron chi connectivity index (χ3n) is 2.26. The van der Waals surface area contributed by atoms with E-state index in [0.29, 0.717) is 36.3 Å². The third-order valence-corrected chi connectivity index (χ3v) is 3.10. The Hall–Kier alpha value is -2.16. The zero-order valence-electron chi connectivity index (χ0n) is 10.3. The summed E-state index contributed by atoms with van der Waals surface area (Å²) in [6.45, 7) is 3.63. The Morgan fingerprint density at radius 3 is 2.42 bits per heavy atom. The third kappa shape index (κ3) is 2.81. The predicted octanol–water partition coefficient (Wildman–Crippen LogP) is 1.10. The maximum Gasteiger partial charge on any atom is 0.224 e. The lowest BCUT2D eigenvalue weighted by Gasteiger charge is -1.88. The molecule has 0 aliphatic heterocycles. The van der Waals surface area contributed by atoms with Gasteiger partial charge in [-0.15, -0.1) is 31.7 Å². The summed E-state index contributed by atoms with van der Waals surface area (Å²) < 4.78 is 10.4. The Bertz CT molecular complexity index is 631. The first-order valence-electron chi connectivity index (χ1n) is 5.58. The molecule has 3 rings (SSSR count). The van der Waals surface area contributed by atoms with Crippen molar-refractivity contribution >= 4 is 11.3 Å². The average Bonchev–Trinajstić information content (AvgIpc) is 3.05. The minimum absolute atomic E-state index is 0.361. The summed E-state index contributed by atoms with van der Waals surface area (Å²) >= 11 is 1.51. The maximum absolute atomic E-state index is 5.51. The molecule has 0 fully saturated rings. The fourth-order valence-electron chi connectivity index (χ4n) is 1.52. The highest BCUT2D eigenvalue weighted by Gasteiger charge is 2.12. The molecule has 3 aromatic heterocycles. The Balaban J connectivity index is 1.69. The molecule has 0 bridgehead atoms. The SMILES string of the molecule is Cc1nc(Cc2nnc(Cc3nnc(C)s3)o2)no1. The molecule has 0 radical (unpaired) electrons. The summed E-state index contributed by atoms with van der Waals surface area (Å²) in [4.78, 5) is 4.08. The van der Waals surface area contributed by atoms with Crippen LogP contribution in [0, 0.1) is 13.8 Å². The lowest BCUT2D eigenvalue weighted by Crippen LogP contribution is -1.90. The Kier molecular flexibility index (Phi) is 3.03. The van der Waals surface area contributed by atoms with Gasteiger partial charge in [0.25, 0.3) is 0 Å². The standard InChI is InChI=1S/C10H10N6O2S/c1-5-11-7(16-18-5)3-8-13-14-9(17-8)4-10-15-12-6(2)19-10/h3-4H2,1-2H3. The molecular formula is C10H10N6O2S. The van der Waals surface area contributed by atoms with Gasteiger partial charge in [0.05, 0.1) is 12.8 Å². The smallest absolute Gasteiger partial charge is 0.224 e. The Labute approximate surface area is 111 Å².